The van der Waals surface area contributed by atoms with E-state index in [1.54, 1.807) is 0 Å². The molecule has 1 aliphatic heterocycles. The van der Waals surface area contributed by atoms with Crippen LogP contribution >= 0.6 is 0 Å². The molecule has 0 N–H and O–H groups in total. The van der Waals surface area contributed by atoms with E-state index in [9.17, 15) is 0 Å². The van der Waals surface area contributed by atoms with Crippen LogP contribution in [0.3, 0.4) is 0 Å². The molecule has 172 valence electrons. The minimum atomic E-state index is -2.99. The third kappa shape index (κ3) is 8.27. The van der Waals surface area contributed by atoms with Gasteiger partial charge < -0.3 is 0 Å². The molecular formula is C21H42O7Sn. The fraction of sp³-hybridized carbons (Fsp3) is 0.905. The van der Waals surface area contributed by atoms with E-state index in [0.717, 1.165) is 42.1 Å². The van der Waals surface area contributed by atoms with Gasteiger partial charge in [0.15, 0.2) is 0 Å². The Morgan fingerprint density at radius 2 is 1.48 bits per heavy atom. The summed E-state index contributed by atoms with van der Waals surface area (Å²) in [5.41, 5.74) is 0. The number of hydrogen-bond acceptors (Lipinski definition) is 7. The predicted molar refractivity (Wildman–Crippen MR) is 115 cm³/mol. The van der Waals surface area contributed by atoms with E-state index in [1.165, 1.54) is 13.3 Å². The summed E-state index contributed by atoms with van der Waals surface area (Å²) in [6.45, 7) is 6.64. The molecule has 1 rings (SSSR count). The maximum atomic E-state index is 7.42. The molecular weight excluding hydrogens is 483 g/mol. The molecule has 1 aliphatic rings. The summed E-state index contributed by atoms with van der Waals surface area (Å²) in [5, 5.41) is 0. The average Bonchev–Trinajstić information content (AvgIpc) is 2.82. The van der Waals surface area contributed by atoms with Crippen molar-refractivity contribution in [3.05, 3.63) is 9.85 Å². The first-order valence-electron chi connectivity index (χ1n) is 12.8. The summed E-state index contributed by atoms with van der Waals surface area (Å²) in [6, 6.07) is 0. The molecule has 0 spiro atoms. The van der Waals surface area contributed by atoms with Gasteiger partial charge in [0.05, 0.1) is 0 Å². The van der Waals surface area contributed by atoms with Gasteiger partial charge in [-0.15, -0.1) is 0 Å². The van der Waals surface area contributed by atoms with Crippen molar-refractivity contribution >= 4 is 18.4 Å². The first-order valence-corrected chi connectivity index (χ1v) is 18.2. The standard InChI is InChI=1S/C9H15O7.3C4H9.Sn/c1-10-14-6-8-9(16-12-3)7(15-11-2)4-5-13-8;3*1-3-4-2;/h5,7-9H,6H2,1-3H3;3*1,3-4H2,2H3;/t7-,8-,9+;;;;/m1..../s1/i1D,2D,3D;;;;. The summed E-state index contributed by atoms with van der Waals surface area (Å²) in [6.07, 6.45) is 6.69. The van der Waals surface area contributed by atoms with Gasteiger partial charge in [-0.1, -0.05) is 0 Å². The Balaban J connectivity index is 3.35. The van der Waals surface area contributed by atoms with Gasteiger partial charge in [-0.3, -0.25) is 0 Å². The summed E-state index contributed by atoms with van der Waals surface area (Å²) in [5.74, 6) is 0. The van der Waals surface area contributed by atoms with Crippen molar-refractivity contribution in [2.75, 3.05) is 27.9 Å². The van der Waals surface area contributed by atoms with Crippen LogP contribution in [0, 0.1) is 0 Å². The van der Waals surface area contributed by atoms with E-state index in [0.29, 0.717) is 0 Å². The second-order valence-electron chi connectivity index (χ2n) is 7.55. The van der Waals surface area contributed by atoms with Gasteiger partial charge in [-0.2, -0.15) is 0 Å². The van der Waals surface area contributed by atoms with E-state index in [4.69, 9.17) is 38.2 Å². The zero-order valence-electron chi connectivity index (χ0n) is 21.4. The Hall–Kier alpha value is 0.0987. The molecule has 29 heavy (non-hydrogen) atoms. The molecule has 0 radical (unpaired) electrons. The SMILES string of the molecule is [2H]COOC[C@H]1OC=[C]([Sn]([CH2]CCC)([CH2]CCC)[CH2]CCC)[C@@H](OOC[2H])[C@@H]1OOC[2H]. The third-order valence-corrected chi connectivity index (χ3v) is 21.5. The summed E-state index contributed by atoms with van der Waals surface area (Å²) in [7, 11) is -1.06. The molecule has 0 fully saturated rings. The number of ether oxygens (including phenoxy) is 1. The van der Waals surface area contributed by atoms with E-state index < -0.39 is 36.7 Å². The second kappa shape index (κ2) is 15.8. The van der Waals surface area contributed by atoms with Crippen LogP contribution in [0.25, 0.3) is 0 Å². The van der Waals surface area contributed by atoms with E-state index in [1.807, 2.05) is 6.26 Å². The predicted octanol–water partition coefficient (Wildman–Crippen LogP) is 5.13. The summed E-state index contributed by atoms with van der Waals surface area (Å²) < 4.78 is 32.6. The zero-order valence-corrected chi connectivity index (χ0v) is 21.2. The van der Waals surface area contributed by atoms with Crippen molar-refractivity contribution in [2.24, 2.45) is 0 Å². The van der Waals surface area contributed by atoms with Crippen LogP contribution in [-0.2, 0) is 34.1 Å². The van der Waals surface area contributed by atoms with Crippen LogP contribution < -0.4 is 0 Å². The molecule has 0 aromatic heterocycles. The summed E-state index contributed by atoms with van der Waals surface area (Å²) >= 11 is -2.99. The molecule has 0 amide bonds. The molecule has 7 nitrogen and oxygen atoms in total. The number of hydrogen-bond donors (Lipinski definition) is 0. The molecule has 0 saturated carbocycles. The summed E-state index contributed by atoms with van der Waals surface area (Å²) in [4.78, 5) is 31.2. The Labute approximate surface area is 185 Å². The van der Waals surface area contributed by atoms with E-state index in [2.05, 4.69) is 20.8 Å². The van der Waals surface area contributed by atoms with Gasteiger partial charge in [0.1, 0.15) is 0 Å². The fourth-order valence-corrected chi connectivity index (χ4v) is 20.7. The number of rotatable bonds is 17. The molecule has 0 aromatic rings. The van der Waals surface area contributed by atoms with E-state index >= 15 is 0 Å². The van der Waals surface area contributed by atoms with Crippen molar-refractivity contribution in [2.45, 2.75) is 90.9 Å². The maximum absolute atomic E-state index is 7.42. The van der Waals surface area contributed by atoms with Crippen molar-refractivity contribution in [3.63, 3.8) is 0 Å². The van der Waals surface area contributed by atoms with Crippen LogP contribution in [0.5, 0.6) is 0 Å². The molecule has 0 bridgehead atoms. The number of unbranched alkanes of at least 4 members (excludes halogenated alkanes) is 3. The Bertz CT molecular complexity index is 480. The van der Waals surface area contributed by atoms with E-state index in [-0.39, 0.29) is 27.9 Å². The van der Waals surface area contributed by atoms with Gasteiger partial charge in [0.25, 0.3) is 0 Å². The van der Waals surface area contributed by atoms with Gasteiger partial charge in [-0.05, 0) is 0 Å². The van der Waals surface area contributed by atoms with Crippen LogP contribution in [0.15, 0.2) is 9.85 Å². The van der Waals surface area contributed by atoms with Crippen LogP contribution in [-0.4, -0.2) is 64.6 Å². The van der Waals surface area contributed by atoms with Crippen LogP contribution in [0.1, 0.15) is 63.4 Å². The minimum absolute atomic E-state index is 0.00315. The Morgan fingerprint density at radius 3 is 2.03 bits per heavy atom. The molecule has 0 saturated heterocycles. The monoisotopic (exact) mass is 529 g/mol. The van der Waals surface area contributed by atoms with Crippen molar-refractivity contribution in [1.82, 2.24) is 0 Å². The topological polar surface area (TPSA) is 64.6 Å². The van der Waals surface area contributed by atoms with Crippen molar-refractivity contribution in [1.29, 1.82) is 0 Å². The van der Waals surface area contributed by atoms with Crippen LogP contribution in [0.2, 0.25) is 13.3 Å². The Kier molecular flexibility index (Phi) is 12.2. The van der Waals surface area contributed by atoms with Gasteiger partial charge in [0, 0.05) is 0 Å². The van der Waals surface area contributed by atoms with Gasteiger partial charge in [-0.25, -0.2) is 0 Å². The zero-order chi connectivity index (χ0) is 23.7. The first-order chi connectivity index (χ1) is 15.6. The quantitative estimate of drug-likeness (QED) is 0.112. The Morgan fingerprint density at radius 1 is 0.897 bits per heavy atom. The normalized spacial score (nSPS) is 23.8. The van der Waals surface area contributed by atoms with Crippen molar-refractivity contribution < 1.29 is 38.2 Å². The molecule has 0 aromatic carbocycles. The third-order valence-electron chi connectivity index (χ3n) is 5.65. The van der Waals surface area contributed by atoms with Crippen molar-refractivity contribution in [3.8, 4) is 0 Å². The first kappa shape index (κ1) is 22.3. The van der Waals surface area contributed by atoms with Gasteiger partial charge in [0.2, 0.25) is 0 Å². The van der Waals surface area contributed by atoms with Crippen LogP contribution in [0.4, 0.5) is 0 Å². The fourth-order valence-electron chi connectivity index (χ4n) is 4.08. The average molecular weight is 528 g/mol. The molecule has 8 heteroatoms. The second-order valence-corrected chi connectivity index (χ2v) is 20.8. The van der Waals surface area contributed by atoms with Gasteiger partial charge >= 0.3 is 185 Å². The molecule has 0 aliphatic carbocycles. The molecule has 1 heterocycles. The molecule has 0 unspecified atom stereocenters. The molecule has 3 atom stereocenters.